The quantitative estimate of drug-likeness (QED) is 0.534. The van der Waals surface area contributed by atoms with E-state index < -0.39 is 0 Å². The lowest BCUT2D eigenvalue weighted by Gasteiger charge is -2.18. The SMILES string of the molecule is NCCCSSCCNC(=O)C1CCCCCCC1. The van der Waals surface area contributed by atoms with Crippen molar-refractivity contribution in [1.29, 1.82) is 0 Å². The van der Waals surface area contributed by atoms with Gasteiger partial charge in [-0.3, -0.25) is 4.79 Å². The van der Waals surface area contributed by atoms with Gasteiger partial charge in [-0.25, -0.2) is 0 Å². The summed E-state index contributed by atoms with van der Waals surface area (Å²) in [6.45, 7) is 1.57. The van der Waals surface area contributed by atoms with Gasteiger partial charge >= 0.3 is 0 Å². The molecule has 0 aromatic carbocycles. The van der Waals surface area contributed by atoms with Gasteiger partial charge in [-0.1, -0.05) is 53.7 Å². The van der Waals surface area contributed by atoms with E-state index in [0.717, 1.165) is 43.9 Å². The number of carbonyl (C=O) groups excluding carboxylic acids is 1. The Bertz CT molecular complexity index is 231. The van der Waals surface area contributed by atoms with E-state index in [1.807, 2.05) is 21.6 Å². The Labute approximate surface area is 125 Å². The smallest absolute Gasteiger partial charge is 0.223 e. The van der Waals surface area contributed by atoms with Gasteiger partial charge in [-0.2, -0.15) is 0 Å². The van der Waals surface area contributed by atoms with Gasteiger partial charge in [0.1, 0.15) is 0 Å². The van der Waals surface area contributed by atoms with Crippen LogP contribution in [0.2, 0.25) is 0 Å². The highest BCUT2D eigenvalue weighted by Crippen LogP contribution is 2.23. The molecule has 0 radical (unpaired) electrons. The molecule has 3 N–H and O–H groups in total. The van der Waals surface area contributed by atoms with Gasteiger partial charge in [0.2, 0.25) is 5.91 Å². The number of nitrogens with two attached hydrogens (primary N) is 1. The molecule has 0 unspecified atom stereocenters. The predicted octanol–water partition coefficient (Wildman–Crippen LogP) is 3.19. The first-order valence-corrected chi connectivity index (χ1v) is 10.1. The maximum Gasteiger partial charge on any atom is 0.223 e. The molecule has 0 spiro atoms. The molecule has 3 nitrogen and oxygen atoms in total. The monoisotopic (exact) mass is 304 g/mol. The maximum absolute atomic E-state index is 12.1. The van der Waals surface area contributed by atoms with Gasteiger partial charge < -0.3 is 11.1 Å². The third kappa shape index (κ3) is 8.82. The predicted molar refractivity (Wildman–Crippen MR) is 87.4 cm³/mol. The van der Waals surface area contributed by atoms with Crippen LogP contribution in [0.1, 0.15) is 51.4 Å². The van der Waals surface area contributed by atoms with E-state index in [1.165, 1.54) is 32.1 Å². The van der Waals surface area contributed by atoms with Crippen LogP contribution in [0.25, 0.3) is 0 Å². The van der Waals surface area contributed by atoms with E-state index in [9.17, 15) is 4.79 Å². The molecule has 1 rings (SSSR count). The molecule has 0 aliphatic heterocycles. The molecule has 1 aliphatic rings. The van der Waals surface area contributed by atoms with Gasteiger partial charge in [-0.05, 0) is 25.8 Å². The van der Waals surface area contributed by atoms with Crippen molar-refractivity contribution in [3.8, 4) is 0 Å². The molecule has 0 saturated heterocycles. The summed E-state index contributed by atoms with van der Waals surface area (Å²) in [5, 5.41) is 3.09. The summed E-state index contributed by atoms with van der Waals surface area (Å²) in [6.07, 6.45) is 9.66. The molecule has 0 aromatic heterocycles. The molecule has 1 amide bonds. The molecule has 5 heteroatoms. The third-order valence-corrected chi connectivity index (χ3v) is 5.97. The summed E-state index contributed by atoms with van der Waals surface area (Å²) in [5.41, 5.74) is 5.44. The fourth-order valence-electron chi connectivity index (χ4n) is 2.34. The van der Waals surface area contributed by atoms with Crippen molar-refractivity contribution in [2.24, 2.45) is 11.7 Å². The number of nitrogens with one attached hydrogen (secondary N) is 1. The van der Waals surface area contributed by atoms with E-state index >= 15 is 0 Å². The van der Waals surface area contributed by atoms with E-state index in [4.69, 9.17) is 5.73 Å². The average molecular weight is 305 g/mol. The second kappa shape index (κ2) is 11.9. The molecule has 0 atom stereocenters. The molecule has 112 valence electrons. The van der Waals surface area contributed by atoms with Gasteiger partial charge in [0.05, 0.1) is 0 Å². The van der Waals surface area contributed by atoms with Crippen LogP contribution in [-0.2, 0) is 4.79 Å². The summed E-state index contributed by atoms with van der Waals surface area (Å²) in [6, 6.07) is 0. The van der Waals surface area contributed by atoms with E-state index in [0.29, 0.717) is 0 Å². The Morgan fingerprint density at radius 3 is 2.37 bits per heavy atom. The van der Waals surface area contributed by atoms with Crippen LogP contribution >= 0.6 is 21.6 Å². The topological polar surface area (TPSA) is 55.1 Å². The van der Waals surface area contributed by atoms with Crippen molar-refractivity contribution < 1.29 is 4.79 Å². The molecule has 1 saturated carbocycles. The van der Waals surface area contributed by atoms with Crippen LogP contribution in [0.5, 0.6) is 0 Å². The Morgan fingerprint density at radius 1 is 1.05 bits per heavy atom. The summed E-state index contributed by atoms with van der Waals surface area (Å²) < 4.78 is 0. The maximum atomic E-state index is 12.1. The number of carbonyl (C=O) groups is 1. The number of amides is 1. The summed E-state index contributed by atoms with van der Waals surface area (Å²) >= 11 is 0. The lowest BCUT2D eigenvalue weighted by Crippen LogP contribution is -2.32. The number of rotatable bonds is 8. The van der Waals surface area contributed by atoms with Crippen molar-refractivity contribution in [2.75, 3.05) is 24.6 Å². The molecular weight excluding hydrogens is 276 g/mol. The van der Waals surface area contributed by atoms with Crippen molar-refractivity contribution >= 4 is 27.5 Å². The highest BCUT2D eigenvalue weighted by Gasteiger charge is 2.18. The average Bonchev–Trinajstić information content (AvgIpc) is 2.37. The lowest BCUT2D eigenvalue weighted by atomic mass is 9.90. The van der Waals surface area contributed by atoms with E-state index in [1.54, 1.807) is 0 Å². The van der Waals surface area contributed by atoms with Crippen molar-refractivity contribution in [3.05, 3.63) is 0 Å². The van der Waals surface area contributed by atoms with Crippen LogP contribution in [0.15, 0.2) is 0 Å². The largest absolute Gasteiger partial charge is 0.355 e. The zero-order chi connectivity index (χ0) is 13.8. The number of hydrogen-bond acceptors (Lipinski definition) is 4. The van der Waals surface area contributed by atoms with E-state index in [-0.39, 0.29) is 11.8 Å². The van der Waals surface area contributed by atoms with E-state index in [2.05, 4.69) is 5.32 Å². The first-order valence-electron chi connectivity index (χ1n) is 7.57. The third-order valence-electron chi connectivity index (χ3n) is 3.48. The first kappa shape index (κ1) is 17.2. The van der Waals surface area contributed by atoms with Crippen LogP contribution in [0.4, 0.5) is 0 Å². The Balaban J connectivity index is 2.02. The molecule has 0 heterocycles. The standard InChI is InChI=1S/C14H28N2OS2/c15-9-6-11-18-19-12-10-16-14(17)13-7-4-2-1-3-5-8-13/h13H,1-12,15H2,(H,16,17). The molecule has 1 aliphatic carbocycles. The Hall–Kier alpha value is 0.130. The van der Waals surface area contributed by atoms with Crippen LogP contribution < -0.4 is 11.1 Å². The van der Waals surface area contributed by atoms with Crippen LogP contribution in [-0.4, -0.2) is 30.5 Å². The van der Waals surface area contributed by atoms with Crippen molar-refractivity contribution in [2.45, 2.75) is 51.4 Å². The van der Waals surface area contributed by atoms with Crippen LogP contribution in [0.3, 0.4) is 0 Å². The molecule has 0 aromatic rings. The Morgan fingerprint density at radius 2 is 1.68 bits per heavy atom. The fourth-order valence-corrected chi connectivity index (χ4v) is 4.35. The molecule has 1 fully saturated rings. The summed E-state index contributed by atoms with van der Waals surface area (Å²) in [4.78, 5) is 12.1. The molecule has 19 heavy (non-hydrogen) atoms. The van der Waals surface area contributed by atoms with Crippen LogP contribution in [0, 0.1) is 5.92 Å². The summed E-state index contributed by atoms with van der Waals surface area (Å²) in [5.74, 6) is 2.66. The minimum Gasteiger partial charge on any atom is -0.355 e. The number of hydrogen-bond donors (Lipinski definition) is 2. The second-order valence-electron chi connectivity index (χ2n) is 5.12. The van der Waals surface area contributed by atoms with Gasteiger partial charge in [0.15, 0.2) is 0 Å². The van der Waals surface area contributed by atoms with Crippen molar-refractivity contribution in [3.63, 3.8) is 0 Å². The zero-order valence-electron chi connectivity index (χ0n) is 11.9. The highest BCUT2D eigenvalue weighted by molar-refractivity contribution is 8.76. The first-order chi connectivity index (χ1) is 9.34. The fraction of sp³-hybridized carbons (Fsp3) is 0.929. The minimum absolute atomic E-state index is 0.273. The molecular formula is C14H28N2OS2. The lowest BCUT2D eigenvalue weighted by molar-refractivity contribution is -0.125. The summed E-state index contributed by atoms with van der Waals surface area (Å²) in [7, 11) is 3.69. The van der Waals surface area contributed by atoms with Crippen molar-refractivity contribution in [1.82, 2.24) is 5.32 Å². The minimum atomic E-state index is 0.273. The van der Waals surface area contributed by atoms with Gasteiger partial charge in [0, 0.05) is 24.0 Å². The Kier molecular flexibility index (Phi) is 10.8. The highest BCUT2D eigenvalue weighted by atomic mass is 33.1. The second-order valence-corrected chi connectivity index (χ2v) is 7.82. The zero-order valence-corrected chi connectivity index (χ0v) is 13.5. The molecule has 0 bridgehead atoms. The normalized spacial score (nSPS) is 17.7. The van der Waals surface area contributed by atoms with Gasteiger partial charge in [-0.15, -0.1) is 0 Å². The van der Waals surface area contributed by atoms with Gasteiger partial charge in [0.25, 0.3) is 0 Å².